The molecule has 2 unspecified atom stereocenters. The third-order valence-electron chi connectivity index (χ3n) is 5.36. The van der Waals surface area contributed by atoms with Crippen LogP contribution in [0.25, 0.3) is 0 Å². The van der Waals surface area contributed by atoms with Crippen molar-refractivity contribution in [2.75, 3.05) is 13.6 Å². The quantitative estimate of drug-likeness (QED) is 0.204. The van der Waals surface area contributed by atoms with E-state index >= 15 is 0 Å². The zero-order chi connectivity index (χ0) is 19.1. The fraction of sp³-hybridized carbons (Fsp3) is 0.619. The first-order valence-electron chi connectivity index (χ1n) is 10.2. The Kier molecular flexibility index (Phi) is 10.0. The number of carbonyl (C=O) groups is 1. The molecule has 3 rings (SSSR count). The van der Waals surface area contributed by atoms with Crippen LogP contribution in [-0.4, -0.2) is 37.5 Å². The van der Waals surface area contributed by atoms with Crippen LogP contribution >= 0.6 is 39.9 Å². The molecule has 5 nitrogen and oxygen atoms in total. The number of hydrogen-bond acceptors (Lipinski definition) is 2. The molecule has 2 aliphatic rings. The molecule has 1 aromatic rings. The van der Waals surface area contributed by atoms with Crippen molar-refractivity contribution in [3.05, 3.63) is 34.3 Å². The molecule has 0 bridgehead atoms. The summed E-state index contributed by atoms with van der Waals surface area (Å²) >= 11 is 3.52. The molecule has 0 heterocycles. The average molecular weight is 563 g/mol. The van der Waals surface area contributed by atoms with Crippen molar-refractivity contribution < 1.29 is 4.79 Å². The number of guanidine groups is 1. The summed E-state index contributed by atoms with van der Waals surface area (Å²) in [6.07, 6.45) is 8.50. The maximum Gasteiger partial charge on any atom is 0.223 e. The van der Waals surface area contributed by atoms with Crippen LogP contribution in [0.2, 0.25) is 0 Å². The highest BCUT2D eigenvalue weighted by atomic mass is 127. The van der Waals surface area contributed by atoms with E-state index in [9.17, 15) is 4.79 Å². The van der Waals surface area contributed by atoms with Crippen molar-refractivity contribution in [3.63, 3.8) is 0 Å². The van der Waals surface area contributed by atoms with E-state index in [1.807, 2.05) is 7.05 Å². The van der Waals surface area contributed by atoms with Crippen molar-refractivity contribution in [2.24, 2.45) is 10.9 Å². The SMILES string of the molecule is CN=C(NCCCc1cccc(Br)c1)NC1CCCC(C(=O)NC2CC2)C1.I. The molecule has 2 saturated carbocycles. The lowest BCUT2D eigenvalue weighted by atomic mass is 9.85. The van der Waals surface area contributed by atoms with Crippen LogP contribution < -0.4 is 16.0 Å². The van der Waals surface area contributed by atoms with Gasteiger partial charge in [-0.3, -0.25) is 9.79 Å². The number of benzene rings is 1. The van der Waals surface area contributed by atoms with E-state index < -0.39 is 0 Å². The summed E-state index contributed by atoms with van der Waals surface area (Å²) in [6.45, 7) is 0.879. The molecule has 0 spiro atoms. The van der Waals surface area contributed by atoms with E-state index in [2.05, 4.69) is 61.1 Å². The summed E-state index contributed by atoms with van der Waals surface area (Å²) in [5, 5.41) is 10.1. The van der Waals surface area contributed by atoms with Crippen LogP contribution in [0, 0.1) is 5.92 Å². The predicted octanol–water partition coefficient (Wildman–Crippen LogP) is 4.00. The summed E-state index contributed by atoms with van der Waals surface area (Å²) in [4.78, 5) is 16.7. The number of aryl methyl sites for hydroxylation is 1. The largest absolute Gasteiger partial charge is 0.356 e. The third kappa shape index (κ3) is 7.89. The molecule has 28 heavy (non-hydrogen) atoms. The molecule has 7 heteroatoms. The van der Waals surface area contributed by atoms with Crippen molar-refractivity contribution in [3.8, 4) is 0 Å². The zero-order valence-corrected chi connectivity index (χ0v) is 20.5. The number of nitrogens with zero attached hydrogens (tertiary/aromatic N) is 1. The highest BCUT2D eigenvalue weighted by Crippen LogP contribution is 2.26. The monoisotopic (exact) mass is 562 g/mol. The average Bonchev–Trinajstić information content (AvgIpc) is 3.48. The smallest absolute Gasteiger partial charge is 0.223 e. The molecule has 2 atom stereocenters. The number of aliphatic imine (C=N–C) groups is 1. The van der Waals surface area contributed by atoms with Crippen molar-refractivity contribution in [2.45, 2.75) is 63.5 Å². The van der Waals surface area contributed by atoms with Crippen LogP contribution in [0.1, 0.15) is 50.5 Å². The van der Waals surface area contributed by atoms with Crippen molar-refractivity contribution >= 4 is 51.8 Å². The minimum Gasteiger partial charge on any atom is -0.356 e. The van der Waals surface area contributed by atoms with Crippen molar-refractivity contribution in [1.82, 2.24) is 16.0 Å². The van der Waals surface area contributed by atoms with Gasteiger partial charge >= 0.3 is 0 Å². The number of nitrogens with one attached hydrogen (secondary N) is 3. The molecule has 2 fully saturated rings. The fourth-order valence-corrected chi connectivity index (χ4v) is 4.13. The Morgan fingerprint density at radius 2 is 2.00 bits per heavy atom. The number of carbonyl (C=O) groups excluding carboxylic acids is 1. The van der Waals surface area contributed by atoms with E-state index in [0.29, 0.717) is 12.1 Å². The lowest BCUT2D eigenvalue weighted by molar-refractivity contribution is -0.126. The molecule has 0 aliphatic heterocycles. The Balaban J connectivity index is 0.00000280. The first-order chi connectivity index (χ1) is 13.1. The summed E-state index contributed by atoms with van der Waals surface area (Å²) in [5.74, 6) is 1.24. The van der Waals surface area contributed by atoms with Gasteiger partial charge in [0.2, 0.25) is 5.91 Å². The van der Waals surface area contributed by atoms with Gasteiger partial charge in [0.25, 0.3) is 0 Å². The van der Waals surface area contributed by atoms with Gasteiger partial charge in [-0.1, -0.05) is 34.5 Å². The van der Waals surface area contributed by atoms with Gasteiger partial charge in [-0.2, -0.15) is 0 Å². The van der Waals surface area contributed by atoms with Gasteiger partial charge in [0.15, 0.2) is 5.96 Å². The standard InChI is InChI=1S/C21H31BrN4O.HI/c1-23-21(24-12-4-6-15-5-2-8-17(22)13-15)26-19-9-3-7-16(14-19)20(27)25-18-10-11-18;/h2,5,8,13,16,18-19H,3-4,6-7,9-12,14H2,1H3,(H,25,27)(H2,23,24,26);1H. The first-order valence-corrected chi connectivity index (χ1v) is 11.0. The summed E-state index contributed by atoms with van der Waals surface area (Å²) < 4.78 is 1.13. The van der Waals surface area contributed by atoms with Gasteiger partial charge in [-0.05, 0) is 62.6 Å². The molecule has 0 saturated heterocycles. The maximum atomic E-state index is 12.3. The molecule has 0 radical (unpaired) electrons. The Morgan fingerprint density at radius 1 is 1.18 bits per heavy atom. The van der Waals surface area contributed by atoms with E-state index in [0.717, 1.165) is 68.3 Å². The Labute approximate surface area is 194 Å². The molecule has 3 N–H and O–H groups in total. The Hall–Kier alpha value is -0.830. The van der Waals surface area contributed by atoms with Gasteiger partial charge in [-0.25, -0.2) is 0 Å². The summed E-state index contributed by atoms with van der Waals surface area (Å²) in [6, 6.07) is 9.23. The number of amides is 1. The molecule has 156 valence electrons. The van der Waals surface area contributed by atoms with Gasteiger partial charge < -0.3 is 16.0 Å². The second-order valence-electron chi connectivity index (χ2n) is 7.72. The maximum absolute atomic E-state index is 12.3. The third-order valence-corrected chi connectivity index (χ3v) is 5.85. The van der Waals surface area contributed by atoms with E-state index in [1.54, 1.807) is 0 Å². The zero-order valence-electron chi connectivity index (χ0n) is 16.5. The van der Waals surface area contributed by atoms with E-state index in [4.69, 9.17) is 0 Å². The van der Waals surface area contributed by atoms with Crippen molar-refractivity contribution in [1.29, 1.82) is 0 Å². The second kappa shape index (κ2) is 12.0. The van der Waals surface area contributed by atoms with Crippen LogP contribution in [-0.2, 0) is 11.2 Å². The molecule has 1 aromatic carbocycles. The van der Waals surface area contributed by atoms with Gasteiger partial charge in [0, 0.05) is 36.1 Å². The molecule has 0 aromatic heterocycles. The molecular weight excluding hydrogens is 531 g/mol. The van der Waals surface area contributed by atoms with Gasteiger partial charge in [0.05, 0.1) is 0 Å². The molecular formula is C21H32BrIN4O. The van der Waals surface area contributed by atoms with Crippen LogP contribution in [0.5, 0.6) is 0 Å². The topological polar surface area (TPSA) is 65.5 Å². The number of rotatable bonds is 7. The normalized spacial score (nSPS) is 22.1. The Bertz CT molecular complexity index is 666. The van der Waals surface area contributed by atoms with Crippen LogP contribution in [0.15, 0.2) is 33.7 Å². The molecule has 1 amide bonds. The second-order valence-corrected chi connectivity index (χ2v) is 8.64. The number of hydrogen-bond donors (Lipinski definition) is 3. The van der Waals surface area contributed by atoms with E-state index in [-0.39, 0.29) is 35.8 Å². The molecule has 2 aliphatic carbocycles. The fourth-order valence-electron chi connectivity index (χ4n) is 3.69. The minimum atomic E-state index is 0. The lowest BCUT2D eigenvalue weighted by Crippen LogP contribution is -2.47. The van der Waals surface area contributed by atoms with Crippen LogP contribution in [0.4, 0.5) is 0 Å². The van der Waals surface area contributed by atoms with Gasteiger partial charge in [-0.15, -0.1) is 24.0 Å². The predicted molar refractivity (Wildman–Crippen MR) is 129 cm³/mol. The highest BCUT2D eigenvalue weighted by molar-refractivity contribution is 14.0. The highest BCUT2D eigenvalue weighted by Gasteiger charge is 2.31. The van der Waals surface area contributed by atoms with Crippen LogP contribution in [0.3, 0.4) is 0 Å². The van der Waals surface area contributed by atoms with Gasteiger partial charge in [0.1, 0.15) is 0 Å². The number of halogens is 2. The Morgan fingerprint density at radius 3 is 2.71 bits per heavy atom. The summed E-state index contributed by atoms with van der Waals surface area (Å²) in [5.41, 5.74) is 1.34. The first kappa shape index (κ1) is 23.4. The lowest BCUT2D eigenvalue weighted by Gasteiger charge is -2.30. The summed E-state index contributed by atoms with van der Waals surface area (Å²) in [7, 11) is 1.81. The van der Waals surface area contributed by atoms with E-state index in [1.165, 1.54) is 5.56 Å². The minimum absolute atomic E-state index is 0.